The molecule has 0 spiro atoms. The van der Waals surface area contributed by atoms with Gasteiger partial charge in [0.25, 0.3) is 0 Å². The van der Waals surface area contributed by atoms with Gasteiger partial charge in [0.15, 0.2) is 0 Å². The minimum atomic E-state index is 0.105. The topological polar surface area (TPSA) is 41.0 Å². The number of carbonyl (C=O) groups excluding carboxylic acids is 1. The molecular formula is C30H40N4O2. The number of hydrogen-bond acceptors (Lipinski definition) is 4. The van der Waals surface area contributed by atoms with Crippen LogP contribution in [-0.4, -0.2) is 85.6 Å². The molecule has 6 nitrogen and oxygen atoms in total. The molecule has 0 aliphatic carbocycles. The molecule has 36 heavy (non-hydrogen) atoms. The molecule has 6 heteroatoms. The van der Waals surface area contributed by atoms with Gasteiger partial charge in [0.1, 0.15) is 5.75 Å². The van der Waals surface area contributed by atoms with Crippen molar-refractivity contribution in [3.8, 4) is 5.75 Å². The number of fused-ring (bicyclic) bond motifs is 1. The van der Waals surface area contributed by atoms with E-state index in [1.54, 1.807) is 13.2 Å². The van der Waals surface area contributed by atoms with Crippen LogP contribution in [0.1, 0.15) is 23.2 Å². The molecule has 1 saturated heterocycles. The highest BCUT2D eigenvalue weighted by molar-refractivity contribution is 5.97. The number of nitrogens with zero attached hydrogens (tertiary/aromatic N) is 4. The lowest BCUT2D eigenvalue weighted by atomic mass is 10.1. The van der Waals surface area contributed by atoms with Crippen molar-refractivity contribution in [3.63, 3.8) is 0 Å². The summed E-state index contributed by atoms with van der Waals surface area (Å²) in [7, 11) is 5.92. The number of rotatable bonds is 10. The Morgan fingerprint density at radius 3 is 2.42 bits per heavy atom. The van der Waals surface area contributed by atoms with E-state index >= 15 is 0 Å². The second kappa shape index (κ2) is 12.2. The summed E-state index contributed by atoms with van der Waals surface area (Å²) in [4.78, 5) is 19.7. The largest absolute Gasteiger partial charge is 0.497 e. The fourth-order valence-electron chi connectivity index (χ4n) is 5.03. The fraction of sp³-hybridized carbons (Fsp3) is 0.433. The van der Waals surface area contributed by atoms with Crippen LogP contribution in [0.25, 0.3) is 17.0 Å². The third-order valence-corrected chi connectivity index (χ3v) is 7.22. The average Bonchev–Trinajstić information content (AvgIpc) is 3.17. The number of ether oxygens (including phenoxy) is 1. The van der Waals surface area contributed by atoms with E-state index in [4.69, 9.17) is 4.74 Å². The van der Waals surface area contributed by atoms with Crippen molar-refractivity contribution in [1.82, 2.24) is 19.3 Å². The molecule has 1 amide bonds. The normalized spacial score (nSPS) is 14.9. The Morgan fingerprint density at radius 1 is 1.00 bits per heavy atom. The minimum absolute atomic E-state index is 0.105. The van der Waals surface area contributed by atoms with Gasteiger partial charge in [-0.3, -0.25) is 9.69 Å². The summed E-state index contributed by atoms with van der Waals surface area (Å²) in [5.74, 6) is 0.997. The monoisotopic (exact) mass is 488 g/mol. The predicted molar refractivity (Wildman–Crippen MR) is 149 cm³/mol. The second-order valence-electron chi connectivity index (χ2n) is 9.92. The summed E-state index contributed by atoms with van der Waals surface area (Å²) in [5.41, 5.74) is 4.93. The van der Waals surface area contributed by atoms with Crippen molar-refractivity contribution in [1.29, 1.82) is 0 Å². The van der Waals surface area contributed by atoms with Gasteiger partial charge in [-0.05, 0) is 70.2 Å². The number of aromatic nitrogens is 1. The van der Waals surface area contributed by atoms with Crippen molar-refractivity contribution < 1.29 is 9.53 Å². The highest BCUT2D eigenvalue weighted by Crippen LogP contribution is 2.27. The van der Waals surface area contributed by atoms with E-state index in [1.165, 1.54) is 22.2 Å². The van der Waals surface area contributed by atoms with Gasteiger partial charge in [-0.25, -0.2) is 0 Å². The van der Waals surface area contributed by atoms with E-state index in [0.717, 1.165) is 70.0 Å². The van der Waals surface area contributed by atoms with Crippen molar-refractivity contribution in [3.05, 3.63) is 71.4 Å². The SMILES string of the molecule is COc1ccc(CCN2CCN(C(=O)/C=C/c3c(C)n(CCCN(C)C)c4ccccc34)CC2)cc1. The van der Waals surface area contributed by atoms with Crippen LogP contribution in [0.15, 0.2) is 54.6 Å². The number of amides is 1. The lowest BCUT2D eigenvalue weighted by molar-refractivity contribution is -0.127. The molecule has 0 radical (unpaired) electrons. The lowest BCUT2D eigenvalue weighted by Crippen LogP contribution is -2.48. The zero-order valence-corrected chi connectivity index (χ0v) is 22.2. The van der Waals surface area contributed by atoms with Gasteiger partial charge >= 0.3 is 0 Å². The van der Waals surface area contributed by atoms with E-state index in [1.807, 2.05) is 23.1 Å². The number of aryl methyl sites for hydroxylation is 1. The van der Waals surface area contributed by atoms with E-state index < -0.39 is 0 Å². The molecule has 2 heterocycles. The fourth-order valence-corrected chi connectivity index (χ4v) is 5.03. The maximum absolute atomic E-state index is 13.0. The van der Waals surface area contributed by atoms with Crippen LogP contribution in [0.3, 0.4) is 0 Å². The molecule has 1 aliphatic heterocycles. The van der Waals surface area contributed by atoms with Gasteiger partial charge in [-0.1, -0.05) is 30.3 Å². The molecule has 4 rings (SSSR count). The first-order chi connectivity index (χ1) is 17.5. The Morgan fingerprint density at radius 2 is 1.72 bits per heavy atom. The third-order valence-electron chi connectivity index (χ3n) is 7.22. The number of carbonyl (C=O) groups is 1. The summed E-state index contributed by atoms with van der Waals surface area (Å²) in [6.07, 6.45) is 5.90. The zero-order valence-electron chi connectivity index (χ0n) is 22.2. The van der Waals surface area contributed by atoms with E-state index in [-0.39, 0.29) is 5.91 Å². The standard InChI is InChI=1S/C30H40N4O2/c1-24-27(28-8-5-6-9-29(28)34(24)18-7-17-31(2)3)14-15-30(35)33-22-20-32(21-23-33)19-16-25-10-12-26(36-4)13-11-25/h5-6,8-15H,7,16-23H2,1-4H3/b15-14+. The maximum Gasteiger partial charge on any atom is 0.246 e. The first-order valence-corrected chi connectivity index (χ1v) is 13.0. The second-order valence-corrected chi connectivity index (χ2v) is 9.92. The van der Waals surface area contributed by atoms with Gasteiger partial charge in [-0.15, -0.1) is 0 Å². The highest BCUT2D eigenvalue weighted by Gasteiger charge is 2.20. The molecule has 0 N–H and O–H groups in total. The lowest BCUT2D eigenvalue weighted by Gasteiger charge is -2.34. The van der Waals surface area contributed by atoms with Crippen LogP contribution in [0.2, 0.25) is 0 Å². The molecule has 1 fully saturated rings. The smallest absolute Gasteiger partial charge is 0.246 e. The molecule has 0 saturated carbocycles. The maximum atomic E-state index is 13.0. The number of hydrogen-bond donors (Lipinski definition) is 0. The molecule has 1 aliphatic rings. The van der Waals surface area contributed by atoms with Crippen LogP contribution in [-0.2, 0) is 17.8 Å². The van der Waals surface area contributed by atoms with E-state index in [0.29, 0.717) is 0 Å². The van der Waals surface area contributed by atoms with E-state index in [2.05, 4.69) is 71.8 Å². The molecule has 2 aromatic carbocycles. The highest BCUT2D eigenvalue weighted by atomic mass is 16.5. The number of benzene rings is 2. The van der Waals surface area contributed by atoms with E-state index in [9.17, 15) is 4.79 Å². The van der Waals surface area contributed by atoms with Crippen LogP contribution >= 0.6 is 0 Å². The molecule has 3 aromatic rings. The Balaban J connectivity index is 1.33. The summed E-state index contributed by atoms with van der Waals surface area (Å²) in [6.45, 7) is 8.60. The Hall–Kier alpha value is -3.09. The molecule has 0 unspecified atom stereocenters. The minimum Gasteiger partial charge on any atom is -0.497 e. The van der Waals surface area contributed by atoms with Crippen LogP contribution in [0.5, 0.6) is 5.75 Å². The Bertz CT molecular complexity index is 1170. The van der Waals surface area contributed by atoms with Gasteiger partial charge < -0.3 is 19.1 Å². The molecule has 0 atom stereocenters. The quantitative estimate of drug-likeness (QED) is 0.399. The van der Waals surface area contributed by atoms with Crippen LogP contribution < -0.4 is 4.74 Å². The molecule has 0 bridgehead atoms. The molecule has 192 valence electrons. The average molecular weight is 489 g/mol. The van der Waals surface area contributed by atoms with Crippen LogP contribution in [0, 0.1) is 6.92 Å². The zero-order chi connectivity index (χ0) is 25.5. The summed E-state index contributed by atoms with van der Waals surface area (Å²) < 4.78 is 7.64. The van der Waals surface area contributed by atoms with Gasteiger partial charge in [0.2, 0.25) is 5.91 Å². The number of methoxy groups -OCH3 is 1. The molecular weight excluding hydrogens is 448 g/mol. The summed E-state index contributed by atoms with van der Waals surface area (Å²) in [6, 6.07) is 16.8. The first-order valence-electron chi connectivity index (χ1n) is 13.0. The predicted octanol–water partition coefficient (Wildman–Crippen LogP) is 4.31. The number of para-hydroxylation sites is 1. The van der Waals surface area contributed by atoms with Gasteiger partial charge in [0, 0.05) is 67.5 Å². The van der Waals surface area contributed by atoms with Crippen molar-refractivity contribution in [2.45, 2.75) is 26.3 Å². The number of piperazine rings is 1. The van der Waals surface area contributed by atoms with Crippen LogP contribution in [0.4, 0.5) is 0 Å². The van der Waals surface area contributed by atoms with Gasteiger partial charge in [0.05, 0.1) is 7.11 Å². The summed E-state index contributed by atoms with van der Waals surface area (Å²) >= 11 is 0. The third kappa shape index (κ3) is 6.37. The molecule has 1 aromatic heterocycles. The summed E-state index contributed by atoms with van der Waals surface area (Å²) in [5, 5.41) is 1.22. The Labute approximate surface area is 215 Å². The van der Waals surface area contributed by atoms with Crippen molar-refractivity contribution in [2.24, 2.45) is 0 Å². The Kier molecular flexibility index (Phi) is 8.83. The first kappa shape index (κ1) is 26.0. The van der Waals surface area contributed by atoms with Crippen molar-refractivity contribution in [2.75, 3.05) is 60.5 Å². The van der Waals surface area contributed by atoms with Gasteiger partial charge in [-0.2, -0.15) is 0 Å². The van der Waals surface area contributed by atoms with Crippen molar-refractivity contribution >= 4 is 22.9 Å².